The number of halogens is 3. The molecule has 1 saturated carbocycles. The predicted molar refractivity (Wildman–Crippen MR) is 116 cm³/mol. The van der Waals surface area contributed by atoms with Gasteiger partial charge >= 0.3 is 6.18 Å². The summed E-state index contributed by atoms with van der Waals surface area (Å²) in [4.78, 5) is 39.2. The summed E-state index contributed by atoms with van der Waals surface area (Å²) in [5.41, 5.74) is -0.203. The van der Waals surface area contributed by atoms with E-state index in [0.29, 0.717) is 31.6 Å². The summed E-state index contributed by atoms with van der Waals surface area (Å²) < 4.78 is 38.6. The number of rotatable bonds is 5. The highest BCUT2D eigenvalue weighted by molar-refractivity contribution is 6.05. The lowest BCUT2D eigenvalue weighted by atomic mass is 9.95. The molecule has 0 aromatic heterocycles. The SMILES string of the molecule is O=C(Nc1cccc(C(F)(F)F)c1)c1cccc(NC(=O)C2CCN(C(=O)C3CC3)CC2)c1. The van der Waals surface area contributed by atoms with Crippen molar-refractivity contribution in [1.82, 2.24) is 4.90 Å². The molecule has 0 unspecified atom stereocenters. The molecule has 33 heavy (non-hydrogen) atoms. The first-order valence-electron chi connectivity index (χ1n) is 10.9. The quantitative estimate of drug-likeness (QED) is 0.689. The van der Waals surface area contributed by atoms with Crippen molar-refractivity contribution in [2.45, 2.75) is 31.9 Å². The highest BCUT2D eigenvalue weighted by Crippen LogP contribution is 2.33. The van der Waals surface area contributed by atoms with Crippen molar-refractivity contribution in [2.24, 2.45) is 11.8 Å². The Labute approximate surface area is 189 Å². The van der Waals surface area contributed by atoms with Crippen LogP contribution in [-0.4, -0.2) is 35.7 Å². The van der Waals surface area contributed by atoms with Crippen molar-refractivity contribution in [3.05, 3.63) is 59.7 Å². The largest absolute Gasteiger partial charge is 0.416 e. The van der Waals surface area contributed by atoms with Gasteiger partial charge in [0.25, 0.3) is 5.91 Å². The molecule has 9 heteroatoms. The van der Waals surface area contributed by atoms with Crippen LogP contribution in [0.3, 0.4) is 0 Å². The van der Waals surface area contributed by atoms with Gasteiger partial charge in [0.05, 0.1) is 5.56 Å². The van der Waals surface area contributed by atoms with Crippen molar-refractivity contribution in [3.63, 3.8) is 0 Å². The number of carbonyl (C=O) groups is 3. The Balaban J connectivity index is 1.34. The van der Waals surface area contributed by atoms with E-state index in [-0.39, 0.29) is 34.9 Å². The molecule has 2 aromatic carbocycles. The number of hydrogen-bond acceptors (Lipinski definition) is 3. The first-order chi connectivity index (χ1) is 15.7. The Hall–Kier alpha value is -3.36. The maximum atomic E-state index is 12.9. The molecule has 6 nitrogen and oxygen atoms in total. The fraction of sp³-hybridized carbons (Fsp3) is 0.375. The Morgan fingerprint density at radius 2 is 1.45 bits per heavy atom. The van der Waals surface area contributed by atoms with Gasteiger partial charge in [-0.25, -0.2) is 0 Å². The van der Waals surface area contributed by atoms with E-state index in [1.54, 1.807) is 12.1 Å². The van der Waals surface area contributed by atoms with Gasteiger partial charge in [0.2, 0.25) is 11.8 Å². The van der Waals surface area contributed by atoms with Crippen molar-refractivity contribution < 1.29 is 27.6 Å². The lowest BCUT2D eigenvalue weighted by Crippen LogP contribution is -2.42. The van der Waals surface area contributed by atoms with Crippen LogP contribution in [0.25, 0.3) is 0 Å². The minimum Gasteiger partial charge on any atom is -0.342 e. The lowest BCUT2D eigenvalue weighted by molar-refractivity contribution is -0.137. The number of nitrogens with zero attached hydrogens (tertiary/aromatic N) is 1. The molecule has 2 fully saturated rings. The number of likely N-dealkylation sites (tertiary alicyclic amines) is 1. The maximum Gasteiger partial charge on any atom is 0.416 e. The van der Waals surface area contributed by atoms with Crippen LogP contribution in [0.1, 0.15) is 41.6 Å². The summed E-state index contributed by atoms with van der Waals surface area (Å²) >= 11 is 0. The highest BCUT2D eigenvalue weighted by atomic mass is 19.4. The number of anilines is 2. The van der Waals surface area contributed by atoms with Crippen molar-refractivity contribution >= 4 is 29.1 Å². The van der Waals surface area contributed by atoms with Gasteiger partial charge in [0, 0.05) is 41.9 Å². The van der Waals surface area contributed by atoms with E-state index in [1.165, 1.54) is 24.3 Å². The van der Waals surface area contributed by atoms with Crippen molar-refractivity contribution in [2.75, 3.05) is 23.7 Å². The molecule has 0 spiro atoms. The third-order valence-corrected chi connectivity index (χ3v) is 5.94. The van der Waals surface area contributed by atoms with Gasteiger partial charge in [0.1, 0.15) is 0 Å². The third-order valence-electron chi connectivity index (χ3n) is 5.94. The van der Waals surface area contributed by atoms with Crippen LogP contribution in [0, 0.1) is 11.8 Å². The van der Waals surface area contributed by atoms with E-state index in [9.17, 15) is 27.6 Å². The summed E-state index contributed by atoms with van der Waals surface area (Å²) in [5.74, 6) is -0.634. The van der Waals surface area contributed by atoms with Crippen LogP contribution >= 0.6 is 0 Å². The second kappa shape index (κ2) is 9.25. The second-order valence-corrected chi connectivity index (χ2v) is 8.48. The molecular formula is C24H24F3N3O3. The summed E-state index contributed by atoms with van der Waals surface area (Å²) in [6.07, 6.45) is -1.43. The summed E-state index contributed by atoms with van der Waals surface area (Å²) in [5, 5.41) is 5.26. The van der Waals surface area contributed by atoms with Gasteiger partial charge in [-0.3, -0.25) is 14.4 Å². The Morgan fingerprint density at radius 1 is 0.818 bits per heavy atom. The number of piperidine rings is 1. The summed E-state index contributed by atoms with van der Waals surface area (Å²) in [6.45, 7) is 1.12. The molecule has 1 heterocycles. The van der Waals surface area contributed by atoms with Gasteiger partial charge in [-0.1, -0.05) is 12.1 Å². The molecule has 0 atom stereocenters. The maximum absolute atomic E-state index is 12.9. The zero-order valence-corrected chi connectivity index (χ0v) is 17.8. The van der Waals surface area contributed by atoms with E-state index in [4.69, 9.17) is 0 Å². The van der Waals surface area contributed by atoms with Gasteiger partial charge < -0.3 is 15.5 Å². The molecule has 3 amide bonds. The van der Waals surface area contributed by atoms with Crippen LogP contribution in [0.5, 0.6) is 0 Å². The minimum atomic E-state index is -4.51. The Bertz CT molecular complexity index is 1060. The molecule has 2 N–H and O–H groups in total. The van der Waals surface area contributed by atoms with E-state index in [1.807, 2.05) is 4.90 Å². The summed E-state index contributed by atoms with van der Waals surface area (Å²) in [6, 6.07) is 10.6. The average molecular weight is 459 g/mol. The molecule has 2 aromatic rings. The van der Waals surface area contributed by atoms with Gasteiger partial charge in [-0.05, 0) is 62.1 Å². The highest BCUT2D eigenvalue weighted by Gasteiger charge is 2.36. The molecule has 0 bridgehead atoms. The van der Waals surface area contributed by atoms with E-state index >= 15 is 0 Å². The molecule has 1 saturated heterocycles. The zero-order valence-electron chi connectivity index (χ0n) is 17.8. The van der Waals surface area contributed by atoms with Crippen LogP contribution in [0.15, 0.2) is 48.5 Å². The number of nitrogens with one attached hydrogen (secondary N) is 2. The average Bonchev–Trinajstić information content (AvgIpc) is 3.64. The topological polar surface area (TPSA) is 78.5 Å². The van der Waals surface area contributed by atoms with Gasteiger partial charge in [0.15, 0.2) is 0 Å². The zero-order chi connectivity index (χ0) is 23.6. The van der Waals surface area contributed by atoms with Crippen LogP contribution in [0.4, 0.5) is 24.5 Å². The first kappa shape index (κ1) is 22.8. The summed E-state index contributed by atoms with van der Waals surface area (Å²) in [7, 11) is 0. The predicted octanol–water partition coefficient (Wildman–Crippen LogP) is 4.54. The molecule has 2 aliphatic rings. The fourth-order valence-electron chi connectivity index (χ4n) is 3.91. The normalized spacial score (nSPS) is 16.9. The molecule has 0 radical (unpaired) electrons. The monoisotopic (exact) mass is 459 g/mol. The van der Waals surface area contributed by atoms with Crippen molar-refractivity contribution in [1.29, 1.82) is 0 Å². The Kier molecular flexibility index (Phi) is 6.40. The molecular weight excluding hydrogens is 435 g/mol. The molecule has 1 aliphatic heterocycles. The van der Waals surface area contributed by atoms with Gasteiger partial charge in [-0.2, -0.15) is 13.2 Å². The number of benzene rings is 2. The Morgan fingerprint density at radius 3 is 2.09 bits per heavy atom. The number of carbonyl (C=O) groups excluding carboxylic acids is 3. The first-order valence-corrected chi connectivity index (χ1v) is 10.9. The second-order valence-electron chi connectivity index (χ2n) is 8.48. The number of alkyl halides is 3. The fourth-order valence-corrected chi connectivity index (χ4v) is 3.91. The third kappa shape index (κ3) is 5.71. The standard InChI is InChI=1S/C24H24F3N3O3/c25-24(26,27)18-4-2-6-20(14-18)29-22(32)17-3-1-5-19(13-17)28-21(31)15-9-11-30(12-10-15)23(33)16-7-8-16/h1-6,13-16H,7-12H2,(H,28,31)(H,29,32). The van der Waals surface area contributed by atoms with E-state index < -0.39 is 17.6 Å². The van der Waals surface area contributed by atoms with Gasteiger partial charge in [-0.15, -0.1) is 0 Å². The van der Waals surface area contributed by atoms with Crippen LogP contribution < -0.4 is 10.6 Å². The number of amides is 3. The lowest BCUT2D eigenvalue weighted by Gasteiger charge is -2.31. The smallest absolute Gasteiger partial charge is 0.342 e. The van der Waals surface area contributed by atoms with E-state index in [0.717, 1.165) is 25.0 Å². The molecule has 4 rings (SSSR count). The van der Waals surface area contributed by atoms with Crippen LogP contribution in [-0.2, 0) is 15.8 Å². The molecule has 174 valence electrons. The number of hydrogen-bond donors (Lipinski definition) is 2. The molecule has 1 aliphatic carbocycles. The minimum absolute atomic E-state index is 0.0248. The van der Waals surface area contributed by atoms with E-state index in [2.05, 4.69) is 10.6 Å². The van der Waals surface area contributed by atoms with Crippen molar-refractivity contribution in [3.8, 4) is 0 Å². The van der Waals surface area contributed by atoms with Crippen LogP contribution in [0.2, 0.25) is 0 Å².